The number of methoxy groups -OCH3 is 1. The fraction of sp³-hybridized carbons (Fsp3) is 0.154. The van der Waals surface area contributed by atoms with Gasteiger partial charge in [-0.3, -0.25) is 14.6 Å². The molecule has 7 heteroatoms. The van der Waals surface area contributed by atoms with Gasteiger partial charge in [0.2, 0.25) is 5.91 Å². The summed E-state index contributed by atoms with van der Waals surface area (Å²) in [5.74, 6) is 0.180. The summed E-state index contributed by atoms with van der Waals surface area (Å²) >= 11 is 1.54. The molecule has 0 saturated heterocycles. The van der Waals surface area contributed by atoms with Crippen LogP contribution in [-0.2, 0) is 4.79 Å². The maximum Gasteiger partial charge on any atom is 0.224 e. The van der Waals surface area contributed by atoms with Crippen LogP contribution in [0, 0.1) is 6.92 Å². The summed E-state index contributed by atoms with van der Waals surface area (Å²) in [4.78, 5) is 33.9. The van der Waals surface area contributed by atoms with Crippen LogP contribution in [0.5, 0.6) is 5.75 Å². The summed E-state index contributed by atoms with van der Waals surface area (Å²) in [6.45, 7) is 1.91. The van der Waals surface area contributed by atoms with Crippen LogP contribution in [-0.4, -0.2) is 28.8 Å². The van der Waals surface area contributed by atoms with Gasteiger partial charge in [0.25, 0.3) is 0 Å². The number of benzene rings is 2. The predicted molar refractivity (Wildman–Crippen MR) is 131 cm³/mol. The van der Waals surface area contributed by atoms with Crippen molar-refractivity contribution in [2.24, 2.45) is 0 Å². The van der Waals surface area contributed by atoms with Gasteiger partial charge in [-0.15, -0.1) is 11.3 Å². The van der Waals surface area contributed by atoms with Gasteiger partial charge in [0.05, 0.1) is 18.4 Å². The number of nitrogens with zero attached hydrogens (tertiary/aromatic N) is 2. The molecule has 6 nitrogen and oxygen atoms in total. The van der Waals surface area contributed by atoms with Gasteiger partial charge in [-0.05, 0) is 43.3 Å². The standard InChI is InChI=1S/C26H23N3O3S/c1-17-8-10-24(32-2)21(13-17)23(30)9-11-25(31)28-20-7-3-5-18(14-20)22-16-33-26(29-22)19-6-4-12-27-15-19/h3-8,10,12-16H,9,11H2,1-2H3,(H,28,31). The van der Waals surface area contributed by atoms with E-state index in [0.717, 1.165) is 27.4 Å². The molecular weight excluding hydrogens is 434 g/mol. The Morgan fingerprint density at radius 3 is 2.67 bits per heavy atom. The zero-order chi connectivity index (χ0) is 23.2. The molecule has 0 bridgehead atoms. The molecule has 0 atom stereocenters. The van der Waals surface area contributed by atoms with Gasteiger partial charge < -0.3 is 10.1 Å². The van der Waals surface area contributed by atoms with E-state index in [9.17, 15) is 9.59 Å². The van der Waals surface area contributed by atoms with Gasteiger partial charge in [-0.2, -0.15) is 0 Å². The zero-order valence-corrected chi connectivity index (χ0v) is 19.2. The molecule has 2 aromatic heterocycles. The number of hydrogen-bond donors (Lipinski definition) is 1. The minimum Gasteiger partial charge on any atom is -0.496 e. The molecule has 4 rings (SSSR count). The fourth-order valence-electron chi connectivity index (χ4n) is 3.41. The molecule has 0 aliphatic carbocycles. The van der Waals surface area contributed by atoms with Crippen molar-refractivity contribution in [2.75, 3.05) is 12.4 Å². The van der Waals surface area contributed by atoms with E-state index in [1.807, 2.05) is 54.8 Å². The first-order chi connectivity index (χ1) is 16.0. The molecule has 0 fully saturated rings. The van der Waals surface area contributed by atoms with Gasteiger partial charge in [-0.25, -0.2) is 4.98 Å². The molecule has 2 heterocycles. The van der Waals surface area contributed by atoms with E-state index in [-0.39, 0.29) is 24.5 Å². The summed E-state index contributed by atoms with van der Waals surface area (Å²) in [6.07, 6.45) is 3.70. The number of aryl methyl sites for hydroxylation is 1. The van der Waals surface area contributed by atoms with E-state index in [2.05, 4.69) is 10.3 Å². The van der Waals surface area contributed by atoms with Crippen LogP contribution in [0.15, 0.2) is 72.4 Å². The van der Waals surface area contributed by atoms with Gasteiger partial charge in [0, 0.05) is 47.4 Å². The molecule has 1 N–H and O–H groups in total. The number of hydrogen-bond acceptors (Lipinski definition) is 6. The highest BCUT2D eigenvalue weighted by Gasteiger charge is 2.15. The van der Waals surface area contributed by atoms with Crippen LogP contribution < -0.4 is 10.1 Å². The van der Waals surface area contributed by atoms with Gasteiger partial charge >= 0.3 is 0 Å². The number of anilines is 1. The average Bonchev–Trinajstić information content (AvgIpc) is 3.34. The minimum atomic E-state index is -0.221. The highest BCUT2D eigenvalue weighted by atomic mass is 32.1. The second kappa shape index (κ2) is 10.2. The number of nitrogens with one attached hydrogen (secondary N) is 1. The number of carbonyl (C=O) groups is 2. The van der Waals surface area contributed by atoms with Crippen molar-refractivity contribution in [1.29, 1.82) is 0 Å². The Labute approximate surface area is 196 Å². The molecule has 0 aliphatic heterocycles. The van der Waals surface area contributed by atoms with Crippen LogP contribution in [0.4, 0.5) is 5.69 Å². The Balaban J connectivity index is 1.40. The van der Waals surface area contributed by atoms with Crippen LogP contribution in [0.25, 0.3) is 21.8 Å². The SMILES string of the molecule is COc1ccc(C)cc1C(=O)CCC(=O)Nc1cccc(-c2csc(-c3cccnc3)n2)c1. The Bertz CT molecular complexity index is 1280. The Morgan fingerprint density at radius 1 is 1.03 bits per heavy atom. The van der Waals surface area contributed by atoms with Crippen LogP contribution >= 0.6 is 11.3 Å². The number of amides is 1. The van der Waals surface area contributed by atoms with Crippen LogP contribution in [0.2, 0.25) is 0 Å². The highest BCUT2D eigenvalue weighted by Crippen LogP contribution is 2.29. The summed E-state index contributed by atoms with van der Waals surface area (Å²) in [5, 5.41) is 5.75. The number of ether oxygens (including phenoxy) is 1. The summed E-state index contributed by atoms with van der Waals surface area (Å²) in [5.41, 5.74) is 4.83. The number of ketones is 1. The van der Waals surface area contributed by atoms with Crippen LogP contribution in [0.3, 0.4) is 0 Å². The van der Waals surface area contributed by atoms with Crippen molar-refractivity contribution in [3.63, 3.8) is 0 Å². The molecule has 4 aromatic rings. The number of pyridine rings is 1. The van der Waals surface area contributed by atoms with Crippen molar-refractivity contribution in [3.8, 4) is 27.6 Å². The van der Waals surface area contributed by atoms with Gasteiger partial charge in [0.1, 0.15) is 10.8 Å². The third-order valence-corrected chi connectivity index (χ3v) is 5.98. The quantitative estimate of drug-likeness (QED) is 0.339. The van der Waals surface area contributed by atoms with Crippen molar-refractivity contribution in [2.45, 2.75) is 19.8 Å². The largest absolute Gasteiger partial charge is 0.496 e. The van der Waals surface area contributed by atoms with E-state index in [1.54, 1.807) is 35.9 Å². The van der Waals surface area contributed by atoms with E-state index in [0.29, 0.717) is 17.0 Å². The lowest BCUT2D eigenvalue weighted by Crippen LogP contribution is -2.14. The normalized spacial score (nSPS) is 10.6. The minimum absolute atomic E-state index is 0.0853. The highest BCUT2D eigenvalue weighted by molar-refractivity contribution is 7.13. The summed E-state index contributed by atoms with van der Waals surface area (Å²) in [7, 11) is 1.53. The van der Waals surface area contributed by atoms with Gasteiger partial charge in [0.15, 0.2) is 5.78 Å². The Morgan fingerprint density at radius 2 is 1.88 bits per heavy atom. The molecule has 33 heavy (non-hydrogen) atoms. The van der Waals surface area contributed by atoms with Crippen molar-refractivity contribution < 1.29 is 14.3 Å². The number of carbonyl (C=O) groups excluding carboxylic acids is 2. The molecular formula is C26H23N3O3S. The van der Waals surface area contributed by atoms with E-state index in [4.69, 9.17) is 9.72 Å². The average molecular weight is 458 g/mol. The lowest BCUT2D eigenvalue weighted by molar-refractivity contribution is -0.116. The van der Waals surface area contributed by atoms with Crippen LogP contribution in [0.1, 0.15) is 28.8 Å². The van der Waals surface area contributed by atoms with E-state index >= 15 is 0 Å². The second-order valence-corrected chi connectivity index (χ2v) is 8.39. The summed E-state index contributed by atoms with van der Waals surface area (Å²) in [6, 6.07) is 16.8. The smallest absolute Gasteiger partial charge is 0.224 e. The Kier molecular flexibility index (Phi) is 6.90. The zero-order valence-electron chi connectivity index (χ0n) is 18.4. The number of aromatic nitrogens is 2. The lowest BCUT2D eigenvalue weighted by atomic mass is 10.0. The monoisotopic (exact) mass is 457 g/mol. The molecule has 1 amide bonds. The number of rotatable bonds is 8. The van der Waals surface area contributed by atoms with Gasteiger partial charge in [-0.1, -0.05) is 23.8 Å². The predicted octanol–water partition coefficient (Wildman–Crippen LogP) is 5.79. The van der Waals surface area contributed by atoms with Crippen molar-refractivity contribution in [3.05, 3.63) is 83.5 Å². The second-order valence-electron chi connectivity index (χ2n) is 7.54. The number of thiazole rings is 1. The van der Waals surface area contributed by atoms with E-state index in [1.165, 1.54) is 7.11 Å². The van der Waals surface area contributed by atoms with Crippen molar-refractivity contribution >= 4 is 28.7 Å². The summed E-state index contributed by atoms with van der Waals surface area (Å²) < 4.78 is 5.28. The lowest BCUT2D eigenvalue weighted by Gasteiger charge is -2.09. The molecule has 166 valence electrons. The molecule has 2 aromatic carbocycles. The number of Topliss-reactive ketones (excluding diaryl/α,β-unsaturated/α-hetero) is 1. The Hall–Kier alpha value is -3.84. The fourth-order valence-corrected chi connectivity index (χ4v) is 4.23. The third-order valence-electron chi connectivity index (χ3n) is 5.09. The maximum atomic E-state index is 12.6. The first-order valence-corrected chi connectivity index (χ1v) is 11.4. The third kappa shape index (κ3) is 5.51. The van der Waals surface area contributed by atoms with Crippen molar-refractivity contribution in [1.82, 2.24) is 9.97 Å². The van der Waals surface area contributed by atoms with E-state index < -0.39 is 0 Å². The molecule has 0 radical (unpaired) electrons. The first kappa shape index (κ1) is 22.4. The molecule has 0 unspecified atom stereocenters. The topological polar surface area (TPSA) is 81.2 Å². The molecule has 0 aliphatic rings. The molecule has 0 saturated carbocycles. The first-order valence-electron chi connectivity index (χ1n) is 10.5. The maximum absolute atomic E-state index is 12.6. The molecule has 0 spiro atoms.